The van der Waals surface area contributed by atoms with Crippen molar-refractivity contribution in [1.29, 1.82) is 5.26 Å². The molecule has 1 aliphatic heterocycles. The predicted molar refractivity (Wildman–Crippen MR) is 135 cm³/mol. The van der Waals surface area contributed by atoms with Crippen molar-refractivity contribution in [2.45, 2.75) is 50.3 Å². The SMILES string of the molecule is CCn1nc(S(=O)(=O)NC(=O)Cc2c(-c3ccnc(C#N)c3)cc(F)cc2C(C)C)cc1C1(OC)COC1. The highest BCUT2D eigenvalue weighted by molar-refractivity contribution is 7.90. The molecule has 200 valence electrons. The lowest BCUT2D eigenvalue weighted by atomic mass is 9.88. The zero-order valence-electron chi connectivity index (χ0n) is 21.5. The second kappa shape index (κ2) is 10.6. The van der Waals surface area contributed by atoms with Crippen LogP contribution < -0.4 is 4.72 Å². The number of nitrogens with zero attached hydrogens (tertiary/aromatic N) is 4. The van der Waals surface area contributed by atoms with Gasteiger partial charge in [-0.15, -0.1) is 0 Å². The Morgan fingerprint density at radius 3 is 2.63 bits per heavy atom. The minimum absolute atomic E-state index is 0.129. The molecule has 0 saturated carbocycles. The summed E-state index contributed by atoms with van der Waals surface area (Å²) < 4.78 is 55.4. The number of sulfonamides is 1. The normalized spacial score (nSPS) is 14.7. The summed E-state index contributed by atoms with van der Waals surface area (Å²) in [7, 11) is -2.81. The first-order valence-corrected chi connectivity index (χ1v) is 13.5. The molecule has 0 radical (unpaired) electrons. The van der Waals surface area contributed by atoms with Gasteiger partial charge in [-0.3, -0.25) is 9.48 Å². The number of rotatable bonds is 9. The summed E-state index contributed by atoms with van der Waals surface area (Å²) in [5.41, 5.74) is 1.73. The van der Waals surface area contributed by atoms with Gasteiger partial charge in [-0.1, -0.05) is 13.8 Å². The lowest BCUT2D eigenvalue weighted by Crippen LogP contribution is -2.49. The van der Waals surface area contributed by atoms with Crippen LogP contribution in [0.15, 0.2) is 41.6 Å². The maximum atomic E-state index is 14.6. The molecule has 1 N–H and O–H groups in total. The van der Waals surface area contributed by atoms with Crippen LogP contribution in [0.25, 0.3) is 11.1 Å². The molecule has 38 heavy (non-hydrogen) atoms. The quantitative estimate of drug-likeness (QED) is 0.437. The molecule has 1 fully saturated rings. The van der Waals surface area contributed by atoms with Crippen molar-refractivity contribution < 1.29 is 27.1 Å². The van der Waals surface area contributed by atoms with E-state index in [1.165, 1.54) is 42.3 Å². The van der Waals surface area contributed by atoms with Crippen LogP contribution in [0.4, 0.5) is 4.39 Å². The summed E-state index contributed by atoms with van der Waals surface area (Å²) in [6, 6.07) is 9.02. The van der Waals surface area contributed by atoms with Crippen molar-refractivity contribution in [3.8, 4) is 17.2 Å². The van der Waals surface area contributed by atoms with E-state index < -0.39 is 27.3 Å². The maximum absolute atomic E-state index is 14.6. The van der Waals surface area contributed by atoms with Gasteiger partial charge in [0.1, 0.15) is 17.6 Å². The third kappa shape index (κ3) is 5.18. The summed E-state index contributed by atoms with van der Waals surface area (Å²) >= 11 is 0. The predicted octanol–water partition coefficient (Wildman–Crippen LogP) is 3.02. The lowest BCUT2D eigenvalue weighted by Gasteiger charge is -2.39. The molecule has 0 bridgehead atoms. The van der Waals surface area contributed by atoms with Gasteiger partial charge >= 0.3 is 0 Å². The summed E-state index contributed by atoms with van der Waals surface area (Å²) in [5.74, 6) is -1.49. The van der Waals surface area contributed by atoms with Crippen molar-refractivity contribution in [2.75, 3.05) is 20.3 Å². The monoisotopic (exact) mass is 541 g/mol. The maximum Gasteiger partial charge on any atom is 0.283 e. The third-order valence-corrected chi connectivity index (χ3v) is 7.75. The molecule has 3 aromatic rings. The average Bonchev–Trinajstić information content (AvgIpc) is 3.30. The molecule has 1 amide bonds. The number of hydrogen-bond donors (Lipinski definition) is 1. The molecule has 0 unspecified atom stereocenters. The second-order valence-electron chi connectivity index (χ2n) is 9.30. The van der Waals surface area contributed by atoms with Crippen molar-refractivity contribution in [3.63, 3.8) is 0 Å². The number of nitriles is 1. The number of carbonyl (C=O) groups excluding carboxylic acids is 1. The van der Waals surface area contributed by atoms with Gasteiger partial charge in [-0.2, -0.15) is 18.8 Å². The smallest absolute Gasteiger partial charge is 0.283 e. The first-order valence-electron chi connectivity index (χ1n) is 12.0. The highest BCUT2D eigenvalue weighted by atomic mass is 32.2. The van der Waals surface area contributed by atoms with E-state index in [0.29, 0.717) is 34.5 Å². The number of nitrogens with one attached hydrogen (secondary N) is 1. The fourth-order valence-corrected chi connectivity index (χ4v) is 5.43. The van der Waals surface area contributed by atoms with E-state index in [9.17, 15) is 22.9 Å². The van der Waals surface area contributed by atoms with Gasteiger partial charge in [0.2, 0.25) is 5.91 Å². The molecule has 0 aliphatic carbocycles. The Morgan fingerprint density at radius 1 is 1.32 bits per heavy atom. The van der Waals surface area contributed by atoms with Gasteiger partial charge in [0.15, 0.2) is 10.6 Å². The fourth-order valence-electron chi connectivity index (χ4n) is 4.48. The number of aryl methyl sites for hydroxylation is 1. The first-order chi connectivity index (χ1) is 18.0. The fraction of sp³-hybridized carbons (Fsp3) is 0.385. The highest BCUT2D eigenvalue weighted by Crippen LogP contribution is 2.35. The third-order valence-electron chi connectivity index (χ3n) is 6.50. The van der Waals surface area contributed by atoms with Gasteiger partial charge in [0.25, 0.3) is 10.0 Å². The van der Waals surface area contributed by atoms with Crippen LogP contribution >= 0.6 is 0 Å². The topological polar surface area (TPSA) is 136 Å². The Kier molecular flexibility index (Phi) is 7.64. The Labute approximate surface area is 220 Å². The van der Waals surface area contributed by atoms with Crippen molar-refractivity contribution in [3.05, 3.63) is 64.9 Å². The van der Waals surface area contributed by atoms with Crippen molar-refractivity contribution >= 4 is 15.9 Å². The number of amides is 1. The van der Waals surface area contributed by atoms with Crippen LogP contribution in [0, 0.1) is 17.1 Å². The van der Waals surface area contributed by atoms with E-state index in [4.69, 9.17) is 9.47 Å². The number of hydrogen-bond acceptors (Lipinski definition) is 8. The number of halogens is 1. The van der Waals surface area contributed by atoms with E-state index >= 15 is 0 Å². The second-order valence-corrected chi connectivity index (χ2v) is 10.9. The molecule has 2 aromatic heterocycles. The molecule has 1 aromatic carbocycles. The van der Waals surface area contributed by atoms with E-state index in [1.54, 1.807) is 6.07 Å². The Morgan fingerprint density at radius 2 is 2.05 bits per heavy atom. The minimum Gasteiger partial charge on any atom is -0.374 e. The number of ether oxygens (including phenoxy) is 2. The zero-order chi connectivity index (χ0) is 27.7. The molecule has 0 spiro atoms. The highest BCUT2D eigenvalue weighted by Gasteiger charge is 2.44. The molecule has 12 heteroatoms. The van der Waals surface area contributed by atoms with Gasteiger partial charge in [0.05, 0.1) is 25.3 Å². The van der Waals surface area contributed by atoms with Gasteiger partial charge in [-0.25, -0.2) is 14.1 Å². The van der Waals surface area contributed by atoms with Gasteiger partial charge < -0.3 is 9.47 Å². The number of aromatic nitrogens is 3. The molecular weight excluding hydrogens is 513 g/mol. The molecule has 1 saturated heterocycles. The number of benzene rings is 1. The standard InChI is InChI=1S/C26H28FN5O5S/c1-5-32-23(26(36-4)14-37-15-26)12-25(30-32)38(34,35)31-24(33)11-22-20(16(2)3)9-18(27)10-21(22)17-6-7-29-19(8-17)13-28/h6-10,12,16H,5,11,14-15H2,1-4H3,(H,31,33). The van der Waals surface area contributed by atoms with E-state index in [0.717, 1.165) is 0 Å². The Hall–Kier alpha value is -3.66. The molecule has 3 heterocycles. The van der Waals surface area contributed by atoms with Crippen LogP contribution in [0.2, 0.25) is 0 Å². The molecule has 10 nitrogen and oxygen atoms in total. The molecule has 1 aliphatic rings. The van der Waals surface area contributed by atoms with Crippen molar-refractivity contribution in [1.82, 2.24) is 19.5 Å². The largest absolute Gasteiger partial charge is 0.374 e. The average molecular weight is 542 g/mol. The molecule has 4 rings (SSSR count). The summed E-state index contributed by atoms with van der Waals surface area (Å²) in [6.45, 7) is 6.41. The Bertz CT molecular complexity index is 1520. The Balaban J connectivity index is 1.68. The molecular formula is C26H28FN5O5S. The van der Waals surface area contributed by atoms with Crippen LogP contribution in [0.5, 0.6) is 0 Å². The summed E-state index contributed by atoms with van der Waals surface area (Å²) in [4.78, 5) is 17.1. The van der Waals surface area contributed by atoms with E-state index in [-0.39, 0.29) is 36.3 Å². The zero-order valence-corrected chi connectivity index (χ0v) is 22.3. The van der Waals surface area contributed by atoms with E-state index in [1.807, 2.05) is 26.8 Å². The van der Waals surface area contributed by atoms with Crippen LogP contribution in [0.3, 0.4) is 0 Å². The lowest BCUT2D eigenvalue weighted by molar-refractivity contribution is -0.206. The first kappa shape index (κ1) is 27.4. The number of carbonyl (C=O) groups is 1. The van der Waals surface area contributed by atoms with Crippen LogP contribution in [0.1, 0.15) is 49.2 Å². The van der Waals surface area contributed by atoms with E-state index in [2.05, 4.69) is 14.8 Å². The number of methoxy groups -OCH3 is 1. The minimum atomic E-state index is -4.33. The van der Waals surface area contributed by atoms with Crippen LogP contribution in [-0.4, -0.2) is 49.4 Å². The van der Waals surface area contributed by atoms with Crippen molar-refractivity contribution in [2.24, 2.45) is 0 Å². The van der Waals surface area contributed by atoms with Gasteiger partial charge in [0, 0.05) is 25.9 Å². The summed E-state index contributed by atoms with van der Waals surface area (Å²) in [6.07, 6.45) is 1.08. The summed E-state index contributed by atoms with van der Waals surface area (Å²) in [5, 5.41) is 13.1. The molecule has 0 atom stereocenters. The van der Waals surface area contributed by atoms with Gasteiger partial charge in [-0.05, 0) is 59.4 Å². The van der Waals surface area contributed by atoms with Crippen LogP contribution in [-0.2, 0) is 42.9 Å². The number of pyridine rings is 1.